The van der Waals surface area contributed by atoms with Crippen LogP contribution in [0, 0.1) is 41.3 Å². The molecule has 0 aromatic heterocycles. The van der Waals surface area contributed by atoms with E-state index >= 15 is 0 Å². The van der Waals surface area contributed by atoms with E-state index in [-0.39, 0.29) is 41.3 Å². The zero-order valence-corrected chi connectivity index (χ0v) is 14.2. The Kier molecular flexibility index (Phi) is 12.4. The van der Waals surface area contributed by atoms with E-state index in [1.165, 1.54) is 0 Å². The van der Waals surface area contributed by atoms with E-state index in [9.17, 15) is 0 Å². The van der Waals surface area contributed by atoms with Crippen molar-refractivity contribution in [3.8, 4) is 0 Å². The predicted molar refractivity (Wildman–Crippen MR) is 43.0 cm³/mol. The smallest absolute Gasteiger partial charge is 0 e. The molecule has 0 aromatic carbocycles. The van der Waals surface area contributed by atoms with Crippen LogP contribution in [0.15, 0.2) is 0 Å². The van der Waals surface area contributed by atoms with Crippen LogP contribution in [0.2, 0.25) is 4.44 Å². The maximum absolute atomic E-state index is 5.65. The molecular weight excluding hydrogens is 414 g/mol. The van der Waals surface area contributed by atoms with E-state index in [1.54, 1.807) is 0 Å². The van der Waals surface area contributed by atoms with Crippen molar-refractivity contribution >= 4 is 41.8 Å². The summed E-state index contributed by atoms with van der Waals surface area (Å²) in [5.41, 5.74) is 0. The SMILES string of the molecule is CCC[CH2][Sn]([Cl])([Cl])[Cl].[Pr]. The normalized spacial score (nSPS) is 10.7. The van der Waals surface area contributed by atoms with Gasteiger partial charge in [-0.15, -0.1) is 0 Å². The summed E-state index contributed by atoms with van der Waals surface area (Å²) >= 11 is -2.89. The Morgan fingerprint density at radius 3 is 1.78 bits per heavy atom. The van der Waals surface area contributed by atoms with E-state index in [2.05, 4.69) is 6.92 Å². The molecular formula is C4H9Cl3PrSn. The maximum atomic E-state index is 5.65. The van der Waals surface area contributed by atoms with Gasteiger partial charge in [0.25, 0.3) is 0 Å². The Labute approximate surface area is 105 Å². The molecule has 0 unspecified atom stereocenters. The van der Waals surface area contributed by atoms with Crippen molar-refractivity contribution in [2.75, 3.05) is 0 Å². The van der Waals surface area contributed by atoms with Crippen LogP contribution in [0.1, 0.15) is 19.8 Å². The van der Waals surface area contributed by atoms with E-state index in [4.69, 9.17) is 26.8 Å². The topological polar surface area (TPSA) is 0 Å². The van der Waals surface area contributed by atoms with E-state index < -0.39 is 15.0 Å². The quantitative estimate of drug-likeness (QED) is 0.611. The van der Waals surface area contributed by atoms with Crippen molar-refractivity contribution in [1.82, 2.24) is 0 Å². The Bertz CT molecular complexity index is 63.3. The average Bonchev–Trinajstić information content (AvgIpc) is 1.59. The molecule has 0 aliphatic carbocycles. The van der Waals surface area contributed by atoms with Crippen molar-refractivity contribution in [1.29, 1.82) is 0 Å². The van der Waals surface area contributed by atoms with Gasteiger partial charge in [0.1, 0.15) is 0 Å². The minimum absolute atomic E-state index is 0. The number of halogens is 3. The summed E-state index contributed by atoms with van der Waals surface area (Å²) in [5.74, 6) is 0. The summed E-state index contributed by atoms with van der Waals surface area (Å²) in [6, 6.07) is 0. The first-order valence-corrected chi connectivity index (χ1v) is 15.5. The number of rotatable bonds is 3. The first kappa shape index (κ1) is 14.6. The van der Waals surface area contributed by atoms with Crippen molar-refractivity contribution in [3.05, 3.63) is 0 Å². The van der Waals surface area contributed by atoms with Crippen LogP contribution in [-0.4, -0.2) is 15.0 Å². The number of hydrogen-bond donors (Lipinski definition) is 0. The third kappa shape index (κ3) is 14.0. The molecule has 0 rings (SSSR count). The van der Waals surface area contributed by atoms with Crippen LogP contribution in [0.3, 0.4) is 0 Å². The Morgan fingerprint density at radius 2 is 1.67 bits per heavy atom. The van der Waals surface area contributed by atoms with Crippen LogP contribution in [0.25, 0.3) is 0 Å². The molecule has 0 heterocycles. The molecule has 0 saturated heterocycles. The minimum Gasteiger partial charge on any atom is 0 e. The molecule has 0 fully saturated rings. The van der Waals surface area contributed by atoms with Crippen LogP contribution >= 0.6 is 26.8 Å². The molecule has 0 aliphatic heterocycles. The summed E-state index contributed by atoms with van der Waals surface area (Å²) in [7, 11) is 17.0. The van der Waals surface area contributed by atoms with Crippen molar-refractivity contribution in [3.63, 3.8) is 0 Å². The second-order valence-electron chi connectivity index (χ2n) is 1.72. The molecule has 0 amide bonds. The average molecular weight is 423 g/mol. The monoisotopic (exact) mass is 423 g/mol. The van der Waals surface area contributed by atoms with Gasteiger partial charge in [0, 0.05) is 41.3 Å². The van der Waals surface area contributed by atoms with Gasteiger partial charge in [-0.1, -0.05) is 0 Å². The van der Waals surface area contributed by atoms with Crippen molar-refractivity contribution in [2.45, 2.75) is 24.2 Å². The molecule has 0 nitrogen and oxygen atoms in total. The summed E-state index contributed by atoms with van der Waals surface area (Å²) in [5, 5.41) is 0. The van der Waals surface area contributed by atoms with Gasteiger partial charge in [-0.05, 0) is 0 Å². The fraction of sp³-hybridized carbons (Fsp3) is 1.00. The Balaban J connectivity index is 0. The van der Waals surface area contributed by atoms with Crippen LogP contribution < -0.4 is 0 Å². The van der Waals surface area contributed by atoms with Gasteiger partial charge in [-0.2, -0.15) is 0 Å². The van der Waals surface area contributed by atoms with Crippen molar-refractivity contribution < 1.29 is 41.3 Å². The largest absolute Gasteiger partial charge is 0 e. The molecule has 53 valence electrons. The number of hydrogen-bond acceptors (Lipinski definition) is 0. The van der Waals surface area contributed by atoms with Gasteiger partial charge >= 0.3 is 66.0 Å². The predicted octanol–water partition coefficient (Wildman–Crippen LogP) is 3.44. The zero-order chi connectivity index (χ0) is 6.62. The zero-order valence-electron chi connectivity index (χ0n) is 5.33. The van der Waals surface area contributed by atoms with Crippen LogP contribution in [-0.2, 0) is 0 Å². The first-order chi connectivity index (χ1) is 3.56. The second-order valence-corrected chi connectivity index (χ2v) is 23.5. The van der Waals surface area contributed by atoms with E-state index in [1.807, 2.05) is 0 Å². The number of unbranched alkanes of at least 4 members (excludes halogenated alkanes) is 1. The molecule has 0 spiro atoms. The van der Waals surface area contributed by atoms with E-state index in [0.717, 1.165) is 17.3 Å². The third-order valence-electron chi connectivity index (χ3n) is 0.814. The van der Waals surface area contributed by atoms with Gasteiger partial charge in [-0.25, -0.2) is 0 Å². The molecule has 0 N–H and O–H groups in total. The maximum Gasteiger partial charge on any atom is 0 e. The summed E-state index contributed by atoms with van der Waals surface area (Å²) in [4.78, 5) is 0. The van der Waals surface area contributed by atoms with Gasteiger partial charge in [0.2, 0.25) is 0 Å². The summed E-state index contributed by atoms with van der Waals surface area (Å²) in [6.07, 6.45) is 2.21. The fourth-order valence-electron chi connectivity index (χ4n) is 0.377. The molecule has 0 aromatic rings. The van der Waals surface area contributed by atoms with Gasteiger partial charge < -0.3 is 0 Å². The molecule has 9 heavy (non-hydrogen) atoms. The van der Waals surface area contributed by atoms with Gasteiger partial charge in [-0.3, -0.25) is 0 Å². The molecule has 0 saturated carbocycles. The van der Waals surface area contributed by atoms with Crippen LogP contribution in [0.5, 0.6) is 0 Å². The standard InChI is InChI=1S/C4H9.3ClH.Pr.Sn/c1-3-4-2;;;;;/h1,3-4H2,2H3;3*1H;;/q;;;;;+3/p-3. The molecule has 5 heteroatoms. The molecule has 1 radical (unpaired) electrons. The first-order valence-electron chi connectivity index (χ1n) is 2.63. The molecule has 0 atom stereocenters. The minimum atomic E-state index is -2.89. The summed E-state index contributed by atoms with van der Waals surface area (Å²) < 4.78 is 0.871. The van der Waals surface area contributed by atoms with E-state index in [0.29, 0.717) is 0 Å². The van der Waals surface area contributed by atoms with Crippen molar-refractivity contribution in [2.24, 2.45) is 0 Å². The molecule has 0 aliphatic rings. The third-order valence-corrected chi connectivity index (χ3v) is 7.24. The van der Waals surface area contributed by atoms with Gasteiger partial charge in [0.15, 0.2) is 0 Å². The molecule has 0 bridgehead atoms. The second kappa shape index (κ2) is 7.67. The van der Waals surface area contributed by atoms with Gasteiger partial charge in [0.05, 0.1) is 0 Å². The van der Waals surface area contributed by atoms with Crippen LogP contribution in [0.4, 0.5) is 0 Å². The fourth-order valence-corrected chi connectivity index (χ4v) is 5.22. The Morgan fingerprint density at radius 1 is 1.22 bits per heavy atom. The Hall–Kier alpha value is 3.03. The summed E-state index contributed by atoms with van der Waals surface area (Å²) in [6.45, 7) is 2.10.